The molecule has 1 aliphatic heterocycles. The lowest BCUT2D eigenvalue weighted by Gasteiger charge is -2.19. The molecule has 1 N–H and O–H groups in total. The number of sulfonamides is 1. The number of aliphatic hydroxyl groups is 1. The minimum absolute atomic E-state index is 0.151. The van der Waals surface area contributed by atoms with Crippen molar-refractivity contribution in [1.82, 2.24) is 4.31 Å². The summed E-state index contributed by atoms with van der Waals surface area (Å²) < 4.78 is 25.9. The first kappa shape index (κ1) is 12.3. The van der Waals surface area contributed by atoms with Gasteiger partial charge in [-0.25, -0.2) is 8.42 Å². The lowest BCUT2D eigenvalue weighted by molar-refractivity contribution is 0.189. The Balaban J connectivity index is 2.37. The average molecular weight is 282 g/mol. The number of β-amino-alcohol motifs (C(OH)–C–C–N with tert-alkyl or cyclic N) is 1. The number of hydrogen-bond donors (Lipinski definition) is 1. The molecule has 0 spiro atoms. The van der Waals surface area contributed by atoms with Crippen LogP contribution in [-0.4, -0.2) is 36.5 Å². The highest BCUT2D eigenvalue weighted by atomic mass is 35.5. The Hall–Kier alpha value is -0.140. The Labute approximate surface area is 104 Å². The molecule has 1 saturated heterocycles. The summed E-state index contributed by atoms with van der Waals surface area (Å²) in [5, 5.41) is 11.4. The number of rotatable bonds is 2. The lowest BCUT2D eigenvalue weighted by atomic mass is 10.2. The summed E-state index contributed by atoms with van der Waals surface area (Å²) in [7, 11) is -3.55. The molecular formula is C9H12ClNO3S2. The van der Waals surface area contributed by atoms with Crippen LogP contribution in [0.3, 0.4) is 0 Å². The number of thiophene rings is 1. The topological polar surface area (TPSA) is 57.6 Å². The van der Waals surface area contributed by atoms with E-state index in [0.29, 0.717) is 6.42 Å². The van der Waals surface area contributed by atoms with Crippen molar-refractivity contribution < 1.29 is 13.5 Å². The fourth-order valence-corrected chi connectivity index (χ4v) is 5.35. The SMILES string of the molecule is CC1CC(O)CN1S(=O)(=O)c1sccc1Cl. The van der Waals surface area contributed by atoms with Crippen molar-refractivity contribution in [2.45, 2.75) is 29.7 Å². The number of nitrogens with zero attached hydrogens (tertiary/aromatic N) is 1. The van der Waals surface area contributed by atoms with E-state index < -0.39 is 16.1 Å². The zero-order chi connectivity index (χ0) is 11.9. The van der Waals surface area contributed by atoms with E-state index in [4.69, 9.17) is 11.6 Å². The summed E-state index contributed by atoms with van der Waals surface area (Å²) in [6, 6.07) is 1.38. The largest absolute Gasteiger partial charge is 0.392 e. The van der Waals surface area contributed by atoms with Crippen LogP contribution in [0.15, 0.2) is 15.7 Å². The molecule has 2 atom stereocenters. The Morgan fingerprint density at radius 1 is 1.62 bits per heavy atom. The van der Waals surface area contributed by atoms with E-state index in [2.05, 4.69) is 0 Å². The molecule has 2 rings (SSSR count). The van der Waals surface area contributed by atoms with Gasteiger partial charge in [0, 0.05) is 12.6 Å². The molecule has 0 radical (unpaired) electrons. The Morgan fingerprint density at radius 2 is 2.31 bits per heavy atom. The third kappa shape index (κ3) is 2.00. The predicted molar refractivity (Wildman–Crippen MR) is 63.3 cm³/mol. The van der Waals surface area contributed by atoms with E-state index in [-0.39, 0.29) is 21.8 Å². The van der Waals surface area contributed by atoms with Crippen LogP contribution in [0.5, 0.6) is 0 Å². The van der Waals surface area contributed by atoms with Crippen LogP contribution in [0.25, 0.3) is 0 Å². The van der Waals surface area contributed by atoms with Crippen molar-refractivity contribution in [1.29, 1.82) is 0 Å². The molecule has 90 valence electrons. The maximum atomic E-state index is 12.2. The maximum Gasteiger partial charge on any atom is 0.254 e. The molecule has 16 heavy (non-hydrogen) atoms. The molecule has 7 heteroatoms. The highest BCUT2D eigenvalue weighted by Gasteiger charge is 2.38. The van der Waals surface area contributed by atoms with Gasteiger partial charge in [-0.1, -0.05) is 11.6 Å². The first-order valence-corrected chi connectivity index (χ1v) is 7.55. The third-order valence-corrected chi connectivity index (χ3v) is 6.60. The highest BCUT2D eigenvalue weighted by molar-refractivity contribution is 7.91. The summed E-state index contributed by atoms with van der Waals surface area (Å²) in [6.45, 7) is 1.94. The quantitative estimate of drug-likeness (QED) is 0.895. The van der Waals surface area contributed by atoms with Gasteiger partial charge in [-0.3, -0.25) is 0 Å². The van der Waals surface area contributed by atoms with E-state index >= 15 is 0 Å². The fraction of sp³-hybridized carbons (Fsp3) is 0.556. The predicted octanol–water partition coefficient (Wildman–Crippen LogP) is 1.55. The molecule has 2 heterocycles. The second kappa shape index (κ2) is 4.27. The molecule has 1 aliphatic rings. The molecule has 4 nitrogen and oxygen atoms in total. The van der Waals surface area contributed by atoms with Crippen molar-refractivity contribution in [2.24, 2.45) is 0 Å². The van der Waals surface area contributed by atoms with Crippen LogP contribution in [0.4, 0.5) is 0 Å². The molecule has 1 aromatic heterocycles. The standard InChI is InChI=1S/C9H12ClNO3S2/c1-6-4-7(12)5-11(6)16(13,14)9-8(10)2-3-15-9/h2-3,6-7,12H,4-5H2,1H3. The van der Waals surface area contributed by atoms with Crippen LogP contribution >= 0.6 is 22.9 Å². The molecule has 0 saturated carbocycles. The van der Waals surface area contributed by atoms with Crippen molar-refractivity contribution in [3.63, 3.8) is 0 Å². The first-order valence-electron chi connectivity index (χ1n) is 4.86. The van der Waals surface area contributed by atoms with E-state index in [1.54, 1.807) is 18.4 Å². The summed E-state index contributed by atoms with van der Waals surface area (Å²) in [6.07, 6.45) is -0.106. The molecule has 0 amide bonds. The van der Waals surface area contributed by atoms with Crippen LogP contribution in [0.1, 0.15) is 13.3 Å². The van der Waals surface area contributed by atoms with Crippen LogP contribution < -0.4 is 0 Å². The van der Waals surface area contributed by atoms with Crippen molar-refractivity contribution in [3.8, 4) is 0 Å². The summed E-state index contributed by atoms with van der Waals surface area (Å²) in [4.78, 5) is 0. The van der Waals surface area contributed by atoms with Crippen molar-refractivity contribution >= 4 is 33.0 Å². The first-order chi connectivity index (χ1) is 7.43. The number of halogens is 1. The second-order valence-electron chi connectivity index (χ2n) is 3.87. The highest BCUT2D eigenvalue weighted by Crippen LogP contribution is 2.33. The van der Waals surface area contributed by atoms with Gasteiger partial charge in [0.15, 0.2) is 4.21 Å². The molecule has 0 aromatic carbocycles. The van der Waals surface area contributed by atoms with Gasteiger partial charge in [-0.05, 0) is 24.8 Å². The summed E-state index contributed by atoms with van der Waals surface area (Å²) >= 11 is 6.93. The van der Waals surface area contributed by atoms with Gasteiger partial charge in [-0.15, -0.1) is 11.3 Å². The van der Waals surface area contributed by atoms with Gasteiger partial charge in [0.2, 0.25) is 0 Å². The van der Waals surface area contributed by atoms with Crippen LogP contribution in [-0.2, 0) is 10.0 Å². The van der Waals surface area contributed by atoms with Crippen molar-refractivity contribution in [3.05, 3.63) is 16.5 Å². The van der Waals surface area contributed by atoms with Crippen LogP contribution in [0, 0.1) is 0 Å². The smallest absolute Gasteiger partial charge is 0.254 e. The summed E-state index contributed by atoms with van der Waals surface area (Å²) in [5.41, 5.74) is 0. The maximum absolute atomic E-state index is 12.2. The fourth-order valence-electron chi connectivity index (χ4n) is 1.88. The van der Waals surface area contributed by atoms with E-state index in [9.17, 15) is 13.5 Å². The van der Waals surface area contributed by atoms with Gasteiger partial charge in [0.05, 0.1) is 11.1 Å². The summed E-state index contributed by atoms with van der Waals surface area (Å²) in [5.74, 6) is 0. The van der Waals surface area contributed by atoms with Gasteiger partial charge in [-0.2, -0.15) is 4.31 Å². The Morgan fingerprint density at radius 3 is 2.75 bits per heavy atom. The van der Waals surface area contributed by atoms with Crippen molar-refractivity contribution in [2.75, 3.05) is 6.54 Å². The van der Waals surface area contributed by atoms with E-state index in [0.717, 1.165) is 11.3 Å². The molecule has 1 fully saturated rings. The molecule has 0 aliphatic carbocycles. The minimum atomic E-state index is -3.55. The Bertz CT molecular complexity index is 485. The van der Waals surface area contributed by atoms with Gasteiger partial charge < -0.3 is 5.11 Å². The Kier molecular flexibility index (Phi) is 3.29. The second-order valence-corrected chi connectivity index (χ2v) is 7.28. The zero-order valence-corrected chi connectivity index (χ0v) is 11.0. The zero-order valence-electron chi connectivity index (χ0n) is 8.63. The van der Waals surface area contributed by atoms with Crippen LogP contribution in [0.2, 0.25) is 5.02 Å². The normalized spacial score (nSPS) is 27.4. The third-order valence-electron chi connectivity index (χ3n) is 2.62. The average Bonchev–Trinajstić information content (AvgIpc) is 2.72. The molecular weight excluding hydrogens is 270 g/mol. The molecule has 0 bridgehead atoms. The van der Waals surface area contributed by atoms with Gasteiger partial charge >= 0.3 is 0 Å². The minimum Gasteiger partial charge on any atom is -0.392 e. The van der Waals surface area contributed by atoms with E-state index in [1.165, 1.54) is 4.31 Å². The lowest BCUT2D eigenvalue weighted by Crippen LogP contribution is -2.34. The van der Waals surface area contributed by atoms with E-state index in [1.807, 2.05) is 0 Å². The number of aliphatic hydroxyl groups excluding tert-OH is 1. The monoisotopic (exact) mass is 281 g/mol. The number of hydrogen-bond acceptors (Lipinski definition) is 4. The molecule has 1 aromatic rings. The van der Waals surface area contributed by atoms with Gasteiger partial charge in [0.25, 0.3) is 10.0 Å². The molecule has 2 unspecified atom stereocenters. The van der Waals surface area contributed by atoms with Gasteiger partial charge in [0.1, 0.15) is 0 Å².